The molecule has 6 N–H and O–H groups in total. The molecule has 9 nitrogen and oxygen atoms in total. The van der Waals surface area contributed by atoms with Crippen LogP contribution in [-0.4, -0.2) is 33.7 Å². The van der Waals surface area contributed by atoms with E-state index in [4.69, 9.17) is 16.2 Å². The third-order valence-corrected chi connectivity index (χ3v) is 5.86. The van der Waals surface area contributed by atoms with E-state index in [-0.39, 0.29) is 17.6 Å². The Morgan fingerprint density at radius 3 is 2.43 bits per heavy atom. The molecule has 2 amide bonds. The highest BCUT2D eigenvalue weighted by Gasteiger charge is 2.48. The van der Waals surface area contributed by atoms with E-state index in [2.05, 4.69) is 15.6 Å². The molecule has 1 aromatic carbocycles. The predicted octanol–water partition coefficient (Wildman–Crippen LogP) is 2.29. The van der Waals surface area contributed by atoms with Crippen LogP contribution in [0.15, 0.2) is 29.6 Å². The third kappa shape index (κ3) is 5.20. The SMILES string of the molecule is CCC(Cc1nc(NC(=O)C2CC2C(=O)Nc2ccc(C(=N)N)cc2)cs1)C(=O)O. The van der Waals surface area contributed by atoms with Crippen LogP contribution in [0.4, 0.5) is 11.5 Å². The van der Waals surface area contributed by atoms with E-state index in [1.54, 1.807) is 29.6 Å². The Bertz CT molecular complexity index is 972. The number of aliphatic carboxylic acids is 1. The lowest BCUT2D eigenvalue weighted by Crippen LogP contribution is -2.21. The largest absolute Gasteiger partial charge is 0.481 e. The molecule has 10 heteroatoms. The fourth-order valence-electron chi connectivity index (χ4n) is 3.04. The Hall–Kier alpha value is -3.27. The van der Waals surface area contributed by atoms with Gasteiger partial charge >= 0.3 is 5.97 Å². The molecule has 0 aliphatic heterocycles. The molecule has 0 bridgehead atoms. The standard InChI is InChI=1S/C20H23N5O4S/c1-2-10(20(28)29)7-16-24-15(9-30-16)25-19(27)14-8-13(14)18(26)23-12-5-3-11(4-6-12)17(21)22/h3-6,9-10,13-14H,2,7-8H2,1H3,(H3,21,22)(H,23,26)(H,25,27)(H,28,29). The van der Waals surface area contributed by atoms with Crippen molar-refractivity contribution in [3.05, 3.63) is 40.2 Å². The van der Waals surface area contributed by atoms with E-state index in [9.17, 15) is 14.4 Å². The van der Waals surface area contributed by atoms with Gasteiger partial charge in [0, 0.05) is 23.1 Å². The number of benzene rings is 1. The Morgan fingerprint density at radius 1 is 1.23 bits per heavy atom. The topological polar surface area (TPSA) is 158 Å². The monoisotopic (exact) mass is 429 g/mol. The molecule has 1 saturated carbocycles. The zero-order valence-electron chi connectivity index (χ0n) is 16.3. The van der Waals surface area contributed by atoms with Gasteiger partial charge in [0.25, 0.3) is 0 Å². The first kappa shape index (κ1) is 21.4. The molecule has 30 heavy (non-hydrogen) atoms. The van der Waals surface area contributed by atoms with Gasteiger partial charge in [-0.2, -0.15) is 0 Å². The van der Waals surface area contributed by atoms with Crippen LogP contribution in [0, 0.1) is 23.2 Å². The van der Waals surface area contributed by atoms with E-state index in [0.717, 1.165) is 0 Å². The first-order valence-electron chi connectivity index (χ1n) is 9.51. The van der Waals surface area contributed by atoms with Gasteiger partial charge in [0.2, 0.25) is 11.8 Å². The smallest absolute Gasteiger partial charge is 0.306 e. The molecule has 0 saturated heterocycles. The first-order chi connectivity index (χ1) is 14.3. The number of carbonyl (C=O) groups excluding carboxylic acids is 2. The summed E-state index contributed by atoms with van der Waals surface area (Å²) in [5, 5.41) is 24.3. The van der Waals surface area contributed by atoms with E-state index >= 15 is 0 Å². The van der Waals surface area contributed by atoms with Gasteiger partial charge in [-0.15, -0.1) is 11.3 Å². The molecular weight excluding hydrogens is 406 g/mol. The lowest BCUT2D eigenvalue weighted by Gasteiger charge is -2.07. The summed E-state index contributed by atoms with van der Waals surface area (Å²) in [5.41, 5.74) is 6.54. The van der Waals surface area contributed by atoms with Gasteiger partial charge in [0.15, 0.2) is 0 Å². The molecule has 158 valence electrons. The number of amides is 2. The maximum Gasteiger partial charge on any atom is 0.306 e. The van der Waals surface area contributed by atoms with E-state index in [1.165, 1.54) is 11.3 Å². The van der Waals surface area contributed by atoms with Crippen molar-refractivity contribution >= 4 is 46.5 Å². The second-order valence-corrected chi connectivity index (χ2v) is 8.13. The lowest BCUT2D eigenvalue weighted by atomic mass is 10.0. The maximum atomic E-state index is 12.4. The Balaban J connectivity index is 1.50. The Labute approximate surface area is 177 Å². The number of hydrogen-bond donors (Lipinski definition) is 5. The molecule has 1 aromatic heterocycles. The van der Waals surface area contributed by atoms with Crippen LogP contribution in [0.1, 0.15) is 30.3 Å². The number of thiazole rings is 1. The average molecular weight is 430 g/mol. The van der Waals surface area contributed by atoms with E-state index < -0.39 is 23.7 Å². The number of hydrogen-bond acceptors (Lipinski definition) is 6. The summed E-state index contributed by atoms with van der Waals surface area (Å²) >= 11 is 1.30. The predicted molar refractivity (Wildman–Crippen MR) is 114 cm³/mol. The molecule has 2 aromatic rings. The minimum Gasteiger partial charge on any atom is -0.481 e. The molecule has 1 aliphatic carbocycles. The number of rotatable bonds is 9. The number of carbonyl (C=O) groups is 3. The van der Waals surface area contributed by atoms with Crippen LogP contribution >= 0.6 is 11.3 Å². The molecule has 1 heterocycles. The molecule has 0 spiro atoms. The van der Waals surface area contributed by atoms with Crippen LogP contribution in [-0.2, 0) is 20.8 Å². The number of nitrogens with two attached hydrogens (primary N) is 1. The van der Waals surface area contributed by atoms with E-state index in [0.29, 0.717) is 41.3 Å². The molecule has 3 rings (SSSR count). The van der Waals surface area contributed by atoms with E-state index in [1.807, 2.05) is 6.92 Å². The van der Waals surface area contributed by atoms with Gasteiger partial charge in [0.05, 0.1) is 22.8 Å². The third-order valence-electron chi connectivity index (χ3n) is 4.99. The van der Waals surface area contributed by atoms with Gasteiger partial charge in [-0.05, 0) is 37.1 Å². The van der Waals surface area contributed by atoms with Crippen molar-refractivity contribution in [1.29, 1.82) is 5.41 Å². The number of carboxylic acid groups (broad SMARTS) is 1. The second kappa shape index (κ2) is 9.04. The summed E-state index contributed by atoms with van der Waals surface area (Å²) in [5.74, 6) is -2.37. The fourth-order valence-corrected chi connectivity index (χ4v) is 3.85. The minimum absolute atomic E-state index is 0.0508. The van der Waals surface area contributed by atoms with Crippen molar-refractivity contribution < 1.29 is 19.5 Å². The number of anilines is 2. The number of amidine groups is 1. The van der Waals surface area contributed by atoms with Crippen LogP contribution < -0.4 is 16.4 Å². The summed E-state index contributed by atoms with van der Waals surface area (Å²) in [6.07, 6.45) is 1.29. The molecular formula is C20H23N5O4S. The summed E-state index contributed by atoms with van der Waals surface area (Å²) in [6.45, 7) is 1.81. The van der Waals surface area contributed by atoms with Crippen molar-refractivity contribution in [1.82, 2.24) is 4.98 Å². The highest BCUT2D eigenvalue weighted by Crippen LogP contribution is 2.40. The van der Waals surface area contributed by atoms with Gasteiger partial charge < -0.3 is 21.5 Å². The van der Waals surface area contributed by atoms with Gasteiger partial charge in [0.1, 0.15) is 11.7 Å². The second-order valence-electron chi connectivity index (χ2n) is 7.19. The highest BCUT2D eigenvalue weighted by molar-refractivity contribution is 7.10. The molecule has 1 fully saturated rings. The van der Waals surface area contributed by atoms with Crippen molar-refractivity contribution in [3.8, 4) is 0 Å². The highest BCUT2D eigenvalue weighted by atomic mass is 32.1. The zero-order valence-corrected chi connectivity index (χ0v) is 17.2. The fraction of sp³-hybridized carbons (Fsp3) is 0.350. The van der Waals surface area contributed by atoms with Crippen molar-refractivity contribution in [3.63, 3.8) is 0 Å². The van der Waals surface area contributed by atoms with Crippen LogP contribution in [0.5, 0.6) is 0 Å². The first-order valence-corrected chi connectivity index (χ1v) is 10.4. The number of aromatic nitrogens is 1. The van der Waals surface area contributed by atoms with Crippen LogP contribution in [0.2, 0.25) is 0 Å². The average Bonchev–Trinajstić information content (AvgIpc) is 3.40. The normalized spacial score (nSPS) is 18.3. The van der Waals surface area contributed by atoms with Crippen LogP contribution in [0.25, 0.3) is 0 Å². The van der Waals surface area contributed by atoms with Gasteiger partial charge in [-0.1, -0.05) is 6.92 Å². The summed E-state index contributed by atoms with van der Waals surface area (Å²) in [4.78, 5) is 40.2. The Kier molecular flexibility index (Phi) is 6.46. The van der Waals surface area contributed by atoms with Crippen molar-refractivity contribution in [2.45, 2.75) is 26.2 Å². The van der Waals surface area contributed by atoms with Gasteiger partial charge in [-0.3, -0.25) is 19.8 Å². The molecule has 1 aliphatic rings. The molecule has 3 atom stereocenters. The number of nitrogen functional groups attached to an aromatic ring is 1. The van der Waals surface area contributed by atoms with Crippen molar-refractivity contribution in [2.75, 3.05) is 10.6 Å². The number of carboxylic acids is 1. The van der Waals surface area contributed by atoms with Gasteiger partial charge in [-0.25, -0.2) is 4.98 Å². The zero-order chi connectivity index (χ0) is 21.8. The molecule has 0 radical (unpaired) electrons. The van der Waals surface area contributed by atoms with Crippen LogP contribution in [0.3, 0.4) is 0 Å². The maximum absolute atomic E-state index is 12.4. The molecule has 3 unspecified atom stereocenters. The quantitative estimate of drug-likeness (QED) is 0.304. The Morgan fingerprint density at radius 2 is 1.87 bits per heavy atom. The number of nitrogens with zero attached hydrogens (tertiary/aromatic N) is 1. The summed E-state index contributed by atoms with van der Waals surface area (Å²) < 4.78 is 0. The summed E-state index contributed by atoms with van der Waals surface area (Å²) in [7, 11) is 0. The summed E-state index contributed by atoms with van der Waals surface area (Å²) in [6, 6.07) is 6.60. The number of nitrogens with one attached hydrogen (secondary N) is 3. The lowest BCUT2D eigenvalue weighted by molar-refractivity contribution is -0.141. The minimum atomic E-state index is -0.860. The van der Waals surface area contributed by atoms with Crippen molar-refractivity contribution in [2.24, 2.45) is 23.5 Å².